The van der Waals surface area contributed by atoms with Crippen molar-refractivity contribution in [2.24, 2.45) is 0 Å². The average molecular weight is 836 g/mol. The molecule has 2 saturated carbocycles. The van der Waals surface area contributed by atoms with Gasteiger partial charge in [0.2, 0.25) is 0 Å². The molecule has 53 heavy (non-hydrogen) atoms. The molecular weight excluding hydrogens is 800 g/mol. The summed E-state index contributed by atoms with van der Waals surface area (Å²) in [4.78, 5) is 54.1. The molecule has 286 valence electrons. The molecule has 6 aromatic heterocycles. The lowest BCUT2D eigenvalue weighted by atomic mass is 9.95. The zero-order valence-electron chi connectivity index (χ0n) is 26.3. The zero-order chi connectivity index (χ0) is 36.2. The highest BCUT2D eigenvalue weighted by Gasteiger charge is 2.49. The van der Waals surface area contributed by atoms with Gasteiger partial charge < -0.3 is 9.17 Å². The Labute approximate surface area is 318 Å². The molecule has 6 aromatic rings. The van der Waals surface area contributed by atoms with Crippen molar-refractivity contribution in [3.05, 3.63) is 66.0 Å². The van der Waals surface area contributed by atoms with Crippen molar-refractivity contribution in [2.75, 3.05) is 0 Å². The van der Waals surface area contributed by atoms with Crippen molar-refractivity contribution >= 4 is 96.9 Å². The van der Waals surface area contributed by atoms with E-state index in [0.29, 0.717) is 20.4 Å². The highest BCUT2D eigenvalue weighted by atomic mass is 35.5. The molecule has 2 aliphatic carbocycles. The van der Waals surface area contributed by atoms with Crippen LogP contribution in [0.4, 0.5) is 13.2 Å². The Hall–Kier alpha value is -3.58. The molecule has 20 heteroatoms. The molecular formula is C33H35Cl2F3N6O6S3. The summed E-state index contributed by atoms with van der Waals surface area (Å²) in [5, 5.41) is 0.355. The Morgan fingerprint density at radius 2 is 1.30 bits per heavy atom. The van der Waals surface area contributed by atoms with Crippen LogP contribution in [0.3, 0.4) is 0 Å². The summed E-state index contributed by atoms with van der Waals surface area (Å²) in [6.45, 7) is 0. The Kier molecular flexibility index (Phi) is 12.0. The number of H-pyrrole nitrogens is 1. The van der Waals surface area contributed by atoms with Crippen molar-refractivity contribution in [1.82, 2.24) is 29.1 Å². The van der Waals surface area contributed by atoms with Crippen LogP contribution in [-0.2, 0) is 10.1 Å². The first-order valence-corrected chi connectivity index (χ1v) is 19.8. The SMILES string of the molecule is C.C.O=c1c2sc3nc(Cl)cc(OS(=O)(=O)C(F)(F)F)c3c2ncn1C1CCCCC1.O=c1cc(Cl)[nH]c2sc3c(=O)n(C4CCCCC4)cnc3c12. The average Bonchev–Trinajstić information content (AvgIpc) is 3.65. The summed E-state index contributed by atoms with van der Waals surface area (Å²) < 4.78 is 69.4. The first-order valence-electron chi connectivity index (χ1n) is 16.0. The van der Waals surface area contributed by atoms with Crippen LogP contribution >= 0.6 is 45.9 Å². The monoisotopic (exact) mass is 834 g/mol. The summed E-state index contributed by atoms with van der Waals surface area (Å²) in [5.74, 6) is -0.675. The smallest absolute Gasteiger partial charge is 0.375 e. The number of thiophene rings is 2. The maximum atomic E-state index is 13.0. The van der Waals surface area contributed by atoms with E-state index in [1.165, 1.54) is 34.7 Å². The van der Waals surface area contributed by atoms with Gasteiger partial charge in [0.1, 0.15) is 40.4 Å². The van der Waals surface area contributed by atoms with E-state index >= 15 is 0 Å². The molecule has 12 nitrogen and oxygen atoms in total. The highest BCUT2D eigenvalue weighted by Crippen LogP contribution is 2.40. The lowest BCUT2D eigenvalue weighted by Gasteiger charge is -2.23. The molecule has 2 aliphatic rings. The van der Waals surface area contributed by atoms with E-state index in [9.17, 15) is 36.0 Å². The predicted octanol–water partition coefficient (Wildman–Crippen LogP) is 9.12. The Bertz CT molecular complexity index is 2610. The molecule has 0 bridgehead atoms. The third-order valence-corrected chi connectivity index (χ3v) is 12.6. The second kappa shape index (κ2) is 15.6. The fraction of sp³-hybridized carbons (Fsp3) is 0.455. The van der Waals surface area contributed by atoms with Gasteiger partial charge >= 0.3 is 15.6 Å². The number of hydrogen-bond donors (Lipinski definition) is 1. The molecule has 2 fully saturated rings. The standard InChI is InChI=1S/C16H13ClF3N3O4S2.C15H14ClN3O2S.2CH4/c17-10-6-9(27-29(25,26)16(18,19)20)11-12-13(28-14(11)22-10)15(24)23(7-21-12)8-4-2-1-3-5-8;16-10-6-9(20)11-12-13(22-14(11)18-10)15(21)19(7-17-12)8-4-2-1-3-5-8;;/h6-8H,1-5H2;6-8H,1-5H2,(H,18,20);2*1H4. The largest absolute Gasteiger partial charge is 0.534 e. The number of rotatable bonds is 4. The van der Waals surface area contributed by atoms with Gasteiger partial charge in [0.05, 0.1) is 23.4 Å². The van der Waals surface area contributed by atoms with Gasteiger partial charge in [0, 0.05) is 24.2 Å². The van der Waals surface area contributed by atoms with Crippen molar-refractivity contribution in [3.63, 3.8) is 0 Å². The van der Waals surface area contributed by atoms with Crippen LogP contribution in [0.5, 0.6) is 5.75 Å². The fourth-order valence-corrected chi connectivity index (χ4v) is 9.81. The second-order valence-electron chi connectivity index (χ2n) is 12.3. The molecule has 0 aliphatic heterocycles. The van der Waals surface area contributed by atoms with Crippen LogP contribution in [0.2, 0.25) is 10.3 Å². The quantitative estimate of drug-likeness (QED) is 0.104. The number of halogens is 5. The lowest BCUT2D eigenvalue weighted by Crippen LogP contribution is -2.28. The van der Waals surface area contributed by atoms with Crippen molar-refractivity contribution in [2.45, 2.75) is 96.7 Å². The number of aromatic nitrogens is 6. The van der Waals surface area contributed by atoms with E-state index < -0.39 is 21.4 Å². The van der Waals surface area contributed by atoms with Gasteiger partial charge in [-0.15, -0.1) is 22.7 Å². The molecule has 0 spiro atoms. The molecule has 0 radical (unpaired) electrons. The first-order chi connectivity index (χ1) is 24.2. The lowest BCUT2D eigenvalue weighted by molar-refractivity contribution is -0.0499. The van der Waals surface area contributed by atoms with Gasteiger partial charge in [0.25, 0.3) is 11.1 Å². The topological polar surface area (TPSA) is 159 Å². The minimum Gasteiger partial charge on any atom is -0.375 e. The van der Waals surface area contributed by atoms with E-state index in [2.05, 4.69) is 24.1 Å². The summed E-state index contributed by atoms with van der Waals surface area (Å²) in [6.07, 6.45) is 13.2. The molecule has 6 heterocycles. The van der Waals surface area contributed by atoms with Gasteiger partial charge in [0.15, 0.2) is 11.2 Å². The number of nitrogens with zero attached hydrogens (tertiary/aromatic N) is 5. The van der Waals surface area contributed by atoms with Crippen LogP contribution in [0.25, 0.3) is 40.9 Å². The van der Waals surface area contributed by atoms with Crippen molar-refractivity contribution in [1.29, 1.82) is 0 Å². The summed E-state index contributed by atoms with van der Waals surface area (Å²) in [5.41, 5.74) is -5.73. The first kappa shape index (κ1) is 40.6. The van der Waals surface area contributed by atoms with E-state index in [0.717, 1.165) is 75.2 Å². The van der Waals surface area contributed by atoms with Crippen molar-refractivity contribution < 1.29 is 25.8 Å². The van der Waals surface area contributed by atoms with E-state index in [-0.39, 0.29) is 74.2 Å². The molecule has 1 N–H and O–H groups in total. The number of pyridine rings is 2. The number of nitrogens with one attached hydrogen (secondary N) is 1. The summed E-state index contributed by atoms with van der Waals surface area (Å²) in [6, 6.07) is 2.40. The summed E-state index contributed by atoms with van der Waals surface area (Å²) in [7, 11) is -5.93. The number of fused-ring (bicyclic) bond motifs is 6. The summed E-state index contributed by atoms with van der Waals surface area (Å²) >= 11 is 13.9. The normalized spacial score (nSPS) is 15.9. The van der Waals surface area contributed by atoms with Gasteiger partial charge in [-0.25, -0.2) is 15.0 Å². The van der Waals surface area contributed by atoms with Gasteiger partial charge in [-0.3, -0.25) is 23.5 Å². The molecule has 8 rings (SSSR count). The van der Waals surface area contributed by atoms with Crippen LogP contribution in [0.1, 0.15) is 91.1 Å². The molecule has 0 amide bonds. The molecule has 0 unspecified atom stereocenters. The maximum absolute atomic E-state index is 13.0. The van der Waals surface area contributed by atoms with Crippen LogP contribution in [0, 0.1) is 0 Å². The Balaban J connectivity index is 0.000000203. The van der Waals surface area contributed by atoms with Gasteiger partial charge in [-0.2, -0.15) is 21.6 Å². The third-order valence-electron chi connectivity index (χ3n) is 9.09. The predicted molar refractivity (Wildman–Crippen MR) is 205 cm³/mol. The number of alkyl halides is 3. The maximum Gasteiger partial charge on any atom is 0.534 e. The number of hydrogen-bond acceptors (Lipinski definition) is 11. The van der Waals surface area contributed by atoms with Gasteiger partial charge in [-0.1, -0.05) is 76.6 Å². The highest BCUT2D eigenvalue weighted by molar-refractivity contribution is 7.88. The fourth-order valence-electron chi connectivity index (χ4n) is 6.68. The van der Waals surface area contributed by atoms with E-state index in [4.69, 9.17) is 23.2 Å². The van der Waals surface area contributed by atoms with E-state index in [1.54, 1.807) is 10.9 Å². The van der Waals surface area contributed by atoms with Crippen LogP contribution in [-0.4, -0.2) is 43.0 Å². The minimum absolute atomic E-state index is 0. The van der Waals surface area contributed by atoms with Crippen LogP contribution < -0.4 is 20.7 Å². The molecule has 0 atom stereocenters. The van der Waals surface area contributed by atoms with E-state index in [1.807, 2.05) is 0 Å². The van der Waals surface area contributed by atoms with Crippen LogP contribution in [0.15, 0.2) is 39.2 Å². The molecule has 0 aromatic carbocycles. The van der Waals surface area contributed by atoms with Gasteiger partial charge in [-0.05, 0) is 25.7 Å². The zero-order valence-corrected chi connectivity index (χ0v) is 30.3. The number of aromatic amines is 1. The Morgan fingerprint density at radius 3 is 1.83 bits per heavy atom. The minimum atomic E-state index is -5.93. The van der Waals surface area contributed by atoms with Crippen molar-refractivity contribution in [3.8, 4) is 5.75 Å². The third kappa shape index (κ3) is 7.70. The molecule has 0 saturated heterocycles. The Morgan fingerprint density at radius 1 is 0.792 bits per heavy atom. The second-order valence-corrected chi connectivity index (χ2v) is 16.7.